The third kappa shape index (κ3) is 3.65. The monoisotopic (exact) mass is 304 g/mol. The number of nitrogens with two attached hydrogens (primary N) is 1. The summed E-state index contributed by atoms with van der Waals surface area (Å²) >= 11 is 0. The molecule has 1 aromatic carbocycles. The highest BCUT2D eigenvalue weighted by Gasteiger charge is 2.41. The maximum absolute atomic E-state index is 12.4. The molecule has 1 atom stereocenters. The van der Waals surface area contributed by atoms with Crippen molar-refractivity contribution in [3.05, 3.63) is 29.3 Å². The molecule has 5 heteroatoms. The molecule has 3 N–H and O–H groups in total. The molecule has 1 amide bonds. The van der Waals surface area contributed by atoms with Gasteiger partial charge in [0.05, 0.1) is 19.1 Å². The minimum atomic E-state index is -0.345. The molecule has 0 heterocycles. The number of methoxy groups -OCH3 is 1. The summed E-state index contributed by atoms with van der Waals surface area (Å²) in [4.78, 5) is 23.9. The Hall–Kier alpha value is -1.88. The lowest BCUT2D eigenvalue weighted by Crippen LogP contribution is -2.53. The van der Waals surface area contributed by atoms with Gasteiger partial charge in [-0.25, -0.2) is 0 Å². The van der Waals surface area contributed by atoms with Crippen LogP contribution in [-0.2, 0) is 11.2 Å². The Morgan fingerprint density at radius 3 is 2.59 bits per heavy atom. The van der Waals surface area contributed by atoms with E-state index >= 15 is 0 Å². The van der Waals surface area contributed by atoms with Gasteiger partial charge in [-0.1, -0.05) is 0 Å². The standard InChI is InChI=1S/C17H24N2O3/c1-11(20)12-4-7-15(22-3)13(8-12)9-16(21)19-17(2,10-18)14-5-6-14/h4,7-8,14H,5-6,9-10,18H2,1-3H3,(H,19,21). The van der Waals surface area contributed by atoms with Crippen LogP contribution in [0.25, 0.3) is 0 Å². The summed E-state index contributed by atoms with van der Waals surface area (Å²) in [5.41, 5.74) is 6.77. The quantitative estimate of drug-likeness (QED) is 0.751. The van der Waals surface area contributed by atoms with Crippen LogP contribution in [0.15, 0.2) is 18.2 Å². The molecule has 1 fully saturated rings. The third-order valence-corrected chi connectivity index (χ3v) is 4.37. The Balaban J connectivity index is 2.13. The number of nitrogens with one attached hydrogen (secondary N) is 1. The average molecular weight is 304 g/mol. The number of carbonyl (C=O) groups excluding carboxylic acids is 2. The zero-order valence-corrected chi connectivity index (χ0v) is 13.4. The molecule has 1 aromatic rings. The van der Waals surface area contributed by atoms with Crippen molar-refractivity contribution in [1.82, 2.24) is 5.32 Å². The predicted molar refractivity (Wildman–Crippen MR) is 85.0 cm³/mol. The van der Waals surface area contributed by atoms with E-state index in [9.17, 15) is 9.59 Å². The van der Waals surface area contributed by atoms with Crippen LogP contribution >= 0.6 is 0 Å². The molecular weight excluding hydrogens is 280 g/mol. The van der Waals surface area contributed by atoms with Crippen molar-refractivity contribution in [3.8, 4) is 5.75 Å². The molecule has 1 saturated carbocycles. The van der Waals surface area contributed by atoms with Gasteiger partial charge in [0.25, 0.3) is 0 Å². The second kappa shape index (κ2) is 6.48. The van der Waals surface area contributed by atoms with Crippen molar-refractivity contribution in [1.29, 1.82) is 0 Å². The van der Waals surface area contributed by atoms with E-state index in [4.69, 9.17) is 10.5 Å². The largest absolute Gasteiger partial charge is 0.496 e. The van der Waals surface area contributed by atoms with Gasteiger partial charge in [0, 0.05) is 17.7 Å². The predicted octanol–water partition coefficient (Wildman–Crippen LogP) is 1.68. The van der Waals surface area contributed by atoms with E-state index < -0.39 is 0 Å². The van der Waals surface area contributed by atoms with Crippen molar-refractivity contribution >= 4 is 11.7 Å². The molecule has 5 nitrogen and oxygen atoms in total. The summed E-state index contributed by atoms with van der Waals surface area (Å²) in [5.74, 6) is 0.945. The topological polar surface area (TPSA) is 81.4 Å². The Kier molecular flexibility index (Phi) is 4.86. The molecule has 2 rings (SSSR count). The van der Waals surface area contributed by atoms with Gasteiger partial charge in [0.2, 0.25) is 5.91 Å². The van der Waals surface area contributed by atoms with Gasteiger partial charge in [0.1, 0.15) is 5.75 Å². The summed E-state index contributed by atoms with van der Waals surface area (Å²) in [7, 11) is 1.55. The molecular formula is C17H24N2O3. The molecule has 1 unspecified atom stereocenters. The Bertz CT molecular complexity index is 581. The van der Waals surface area contributed by atoms with Crippen molar-refractivity contribution in [2.24, 2.45) is 11.7 Å². The highest BCUT2D eigenvalue weighted by atomic mass is 16.5. The average Bonchev–Trinajstić information content (AvgIpc) is 3.31. The Labute approximate surface area is 131 Å². The number of carbonyl (C=O) groups is 2. The maximum Gasteiger partial charge on any atom is 0.225 e. The normalized spacial score (nSPS) is 16.7. The molecule has 1 aliphatic rings. The van der Waals surface area contributed by atoms with Crippen LogP contribution in [0.3, 0.4) is 0 Å². The number of Topliss-reactive ketones (excluding diaryl/α,β-unsaturated/α-hetero) is 1. The van der Waals surface area contributed by atoms with Crippen LogP contribution in [0.1, 0.15) is 42.6 Å². The Morgan fingerprint density at radius 2 is 2.09 bits per heavy atom. The third-order valence-electron chi connectivity index (χ3n) is 4.37. The summed E-state index contributed by atoms with van der Waals surface area (Å²) in [6.45, 7) is 3.92. The zero-order chi connectivity index (χ0) is 16.3. The fourth-order valence-corrected chi connectivity index (χ4v) is 2.71. The smallest absolute Gasteiger partial charge is 0.225 e. The summed E-state index contributed by atoms with van der Waals surface area (Å²) in [6.07, 6.45) is 2.39. The fraction of sp³-hybridized carbons (Fsp3) is 0.529. The first kappa shape index (κ1) is 16.5. The van der Waals surface area contributed by atoms with E-state index in [0.717, 1.165) is 12.8 Å². The van der Waals surface area contributed by atoms with Gasteiger partial charge in [-0.2, -0.15) is 0 Å². The fourth-order valence-electron chi connectivity index (χ4n) is 2.71. The number of benzene rings is 1. The van der Waals surface area contributed by atoms with Crippen molar-refractivity contribution < 1.29 is 14.3 Å². The van der Waals surface area contributed by atoms with Gasteiger partial charge in [-0.05, 0) is 50.8 Å². The van der Waals surface area contributed by atoms with Crippen LogP contribution in [-0.4, -0.2) is 30.9 Å². The minimum Gasteiger partial charge on any atom is -0.496 e. The first-order chi connectivity index (χ1) is 10.4. The molecule has 0 bridgehead atoms. The first-order valence-corrected chi connectivity index (χ1v) is 7.58. The maximum atomic E-state index is 12.4. The summed E-state index contributed by atoms with van der Waals surface area (Å²) in [5, 5.41) is 3.05. The number of hydrogen-bond acceptors (Lipinski definition) is 4. The van der Waals surface area contributed by atoms with Crippen LogP contribution in [0, 0.1) is 5.92 Å². The van der Waals surface area contributed by atoms with Crippen LogP contribution in [0.5, 0.6) is 5.75 Å². The van der Waals surface area contributed by atoms with Gasteiger partial charge in [-0.15, -0.1) is 0 Å². The molecule has 0 spiro atoms. The SMILES string of the molecule is COc1ccc(C(C)=O)cc1CC(=O)NC(C)(CN)C1CC1. The van der Waals surface area contributed by atoms with Crippen LogP contribution in [0.4, 0.5) is 0 Å². The van der Waals surface area contributed by atoms with Gasteiger partial charge < -0.3 is 15.8 Å². The summed E-state index contributed by atoms with van der Waals surface area (Å²) < 4.78 is 5.28. The highest BCUT2D eigenvalue weighted by Crippen LogP contribution is 2.39. The van der Waals surface area contributed by atoms with Crippen molar-refractivity contribution in [3.63, 3.8) is 0 Å². The van der Waals surface area contributed by atoms with Gasteiger partial charge in [0.15, 0.2) is 5.78 Å². The lowest BCUT2D eigenvalue weighted by atomic mass is 9.95. The second-order valence-corrected chi connectivity index (χ2v) is 6.20. The number of hydrogen-bond donors (Lipinski definition) is 2. The lowest BCUT2D eigenvalue weighted by Gasteiger charge is -2.29. The molecule has 0 aliphatic heterocycles. The van der Waals surface area contributed by atoms with E-state index in [1.807, 2.05) is 6.92 Å². The zero-order valence-electron chi connectivity index (χ0n) is 13.4. The summed E-state index contributed by atoms with van der Waals surface area (Å²) in [6, 6.07) is 5.15. The Morgan fingerprint density at radius 1 is 1.41 bits per heavy atom. The van der Waals surface area contributed by atoms with E-state index in [-0.39, 0.29) is 23.7 Å². The van der Waals surface area contributed by atoms with E-state index in [1.165, 1.54) is 6.92 Å². The number of ether oxygens (including phenoxy) is 1. The molecule has 120 valence electrons. The number of amides is 1. The molecule has 0 aromatic heterocycles. The van der Waals surface area contributed by atoms with Crippen molar-refractivity contribution in [2.75, 3.05) is 13.7 Å². The van der Waals surface area contributed by atoms with Gasteiger partial charge in [-0.3, -0.25) is 9.59 Å². The van der Waals surface area contributed by atoms with Gasteiger partial charge >= 0.3 is 0 Å². The second-order valence-electron chi connectivity index (χ2n) is 6.20. The van der Waals surface area contributed by atoms with Crippen LogP contribution in [0.2, 0.25) is 0 Å². The van der Waals surface area contributed by atoms with E-state index in [1.54, 1.807) is 25.3 Å². The number of ketones is 1. The number of rotatable bonds is 7. The molecule has 22 heavy (non-hydrogen) atoms. The first-order valence-electron chi connectivity index (χ1n) is 7.58. The highest BCUT2D eigenvalue weighted by molar-refractivity contribution is 5.94. The van der Waals surface area contributed by atoms with E-state index in [2.05, 4.69) is 5.32 Å². The van der Waals surface area contributed by atoms with Crippen molar-refractivity contribution in [2.45, 2.75) is 38.6 Å². The molecule has 0 radical (unpaired) electrons. The van der Waals surface area contributed by atoms with Crippen LogP contribution < -0.4 is 15.8 Å². The van der Waals surface area contributed by atoms with E-state index in [0.29, 0.717) is 29.3 Å². The lowest BCUT2D eigenvalue weighted by molar-refractivity contribution is -0.122. The molecule has 1 aliphatic carbocycles. The minimum absolute atomic E-state index is 0.0333. The molecule has 0 saturated heterocycles.